The van der Waals surface area contributed by atoms with E-state index in [2.05, 4.69) is 19.2 Å². The maximum Gasteiger partial charge on any atom is 0.0462 e. The van der Waals surface area contributed by atoms with E-state index in [1.165, 1.54) is 83.7 Å². The number of hydrogen-bond acceptors (Lipinski definition) is 2. The van der Waals surface area contributed by atoms with Gasteiger partial charge >= 0.3 is 0 Å². The van der Waals surface area contributed by atoms with Gasteiger partial charge in [0.2, 0.25) is 0 Å². The summed E-state index contributed by atoms with van der Waals surface area (Å²) in [4.78, 5) is 0. The van der Waals surface area contributed by atoms with Crippen LogP contribution in [0.25, 0.3) is 0 Å². The smallest absolute Gasteiger partial charge is 0.0462 e. The predicted molar refractivity (Wildman–Crippen MR) is 92.8 cm³/mol. The van der Waals surface area contributed by atoms with E-state index in [0.29, 0.717) is 5.41 Å². The molecule has 0 bridgehead atoms. The summed E-state index contributed by atoms with van der Waals surface area (Å²) in [7, 11) is 1.82. The average Bonchev–Trinajstić information content (AvgIpc) is 2.51. The third kappa shape index (κ3) is 7.65. The minimum Gasteiger partial charge on any atom is -0.385 e. The number of rotatable bonds is 12. The van der Waals surface area contributed by atoms with E-state index < -0.39 is 0 Å². The molecule has 0 aromatic carbocycles. The Morgan fingerprint density at radius 3 is 2.43 bits per heavy atom. The minimum absolute atomic E-state index is 0.589. The molecule has 1 fully saturated rings. The van der Waals surface area contributed by atoms with Crippen molar-refractivity contribution in [1.29, 1.82) is 0 Å². The molecular formula is C19H39NO. The minimum atomic E-state index is 0.589. The van der Waals surface area contributed by atoms with Gasteiger partial charge in [-0.05, 0) is 62.8 Å². The van der Waals surface area contributed by atoms with Crippen LogP contribution >= 0.6 is 0 Å². The summed E-state index contributed by atoms with van der Waals surface area (Å²) in [6.45, 7) is 7.93. The number of unbranched alkanes of at least 4 members (excludes halogenated alkanes) is 2. The van der Waals surface area contributed by atoms with Crippen molar-refractivity contribution in [2.24, 2.45) is 11.3 Å². The average molecular weight is 298 g/mol. The van der Waals surface area contributed by atoms with E-state index in [-0.39, 0.29) is 0 Å². The van der Waals surface area contributed by atoms with Crippen LogP contribution in [0.15, 0.2) is 0 Å². The molecule has 21 heavy (non-hydrogen) atoms. The molecule has 1 N–H and O–H groups in total. The second kappa shape index (κ2) is 11.5. The third-order valence-electron chi connectivity index (χ3n) is 5.36. The molecule has 2 heteroatoms. The lowest BCUT2D eigenvalue weighted by molar-refractivity contribution is 0.118. The van der Waals surface area contributed by atoms with Gasteiger partial charge in [-0.1, -0.05) is 39.5 Å². The van der Waals surface area contributed by atoms with Crippen molar-refractivity contribution in [1.82, 2.24) is 5.32 Å². The largest absolute Gasteiger partial charge is 0.385 e. The molecule has 0 saturated heterocycles. The molecular weight excluding hydrogens is 258 g/mol. The maximum absolute atomic E-state index is 5.21. The highest BCUT2D eigenvalue weighted by molar-refractivity contribution is 4.87. The topological polar surface area (TPSA) is 21.3 Å². The van der Waals surface area contributed by atoms with Crippen molar-refractivity contribution < 1.29 is 4.74 Å². The van der Waals surface area contributed by atoms with Crippen LogP contribution in [0, 0.1) is 11.3 Å². The SMILES string of the molecule is CCCCC1CCC(CCCCOC)(CNCCC)CC1. The van der Waals surface area contributed by atoms with E-state index in [4.69, 9.17) is 4.74 Å². The fraction of sp³-hybridized carbons (Fsp3) is 1.00. The Labute approximate surface area is 133 Å². The number of methoxy groups -OCH3 is 1. The fourth-order valence-corrected chi connectivity index (χ4v) is 3.86. The number of hydrogen-bond donors (Lipinski definition) is 1. The summed E-state index contributed by atoms with van der Waals surface area (Å²) >= 11 is 0. The lowest BCUT2D eigenvalue weighted by Crippen LogP contribution is -2.38. The molecule has 0 spiro atoms. The summed E-state index contributed by atoms with van der Waals surface area (Å²) in [5.74, 6) is 1.02. The standard InChI is InChI=1S/C19H39NO/c1-4-6-9-18-10-13-19(14-11-18,17-20-15-5-2)12-7-8-16-21-3/h18,20H,4-17H2,1-3H3. The number of nitrogens with one attached hydrogen (secondary N) is 1. The molecule has 0 atom stereocenters. The Balaban J connectivity index is 2.38. The zero-order chi connectivity index (χ0) is 15.4. The van der Waals surface area contributed by atoms with Gasteiger partial charge in [-0.3, -0.25) is 0 Å². The van der Waals surface area contributed by atoms with Crippen LogP contribution in [0.4, 0.5) is 0 Å². The predicted octanol–water partition coefficient (Wildman–Crippen LogP) is 5.17. The second-order valence-corrected chi connectivity index (χ2v) is 7.21. The highest BCUT2D eigenvalue weighted by Gasteiger charge is 2.34. The van der Waals surface area contributed by atoms with Crippen LogP contribution in [-0.4, -0.2) is 26.8 Å². The quantitative estimate of drug-likeness (QED) is 0.502. The first-order valence-electron chi connectivity index (χ1n) is 9.46. The summed E-state index contributed by atoms with van der Waals surface area (Å²) in [5.41, 5.74) is 0.589. The molecule has 1 aliphatic carbocycles. The molecule has 126 valence electrons. The summed E-state index contributed by atoms with van der Waals surface area (Å²) in [6.07, 6.45) is 15.3. The molecule has 1 rings (SSSR count). The van der Waals surface area contributed by atoms with Crippen LogP contribution in [-0.2, 0) is 4.74 Å². The van der Waals surface area contributed by atoms with E-state index in [1.54, 1.807) is 0 Å². The molecule has 0 aliphatic heterocycles. The van der Waals surface area contributed by atoms with E-state index in [9.17, 15) is 0 Å². The Hall–Kier alpha value is -0.0800. The lowest BCUT2D eigenvalue weighted by atomic mass is 9.67. The Kier molecular flexibility index (Phi) is 10.4. The molecule has 0 aromatic heterocycles. The van der Waals surface area contributed by atoms with Crippen molar-refractivity contribution >= 4 is 0 Å². The molecule has 2 nitrogen and oxygen atoms in total. The van der Waals surface area contributed by atoms with Crippen LogP contribution < -0.4 is 5.32 Å². The van der Waals surface area contributed by atoms with Gasteiger partial charge in [0.1, 0.15) is 0 Å². The lowest BCUT2D eigenvalue weighted by Gasteiger charge is -2.41. The van der Waals surface area contributed by atoms with Crippen molar-refractivity contribution in [3.63, 3.8) is 0 Å². The highest BCUT2D eigenvalue weighted by atomic mass is 16.5. The Morgan fingerprint density at radius 1 is 1.05 bits per heavy atom. The normalized spacial score (nSPS) is 26.1. The maximum atomic E-state index is 5.21. The Morgan fingerprint density at radius 2 is 1.81 bits per heavy atom. The van der Waals surface area contributed by atoms with Gasteiger partial charge < -0.3 is 10.1 Å². The van der Waals surface area contributed by atoms with Crippen molar-refractivity contribution in [2.45, 2.75) is 84.5 Å². The Bertz CT molecular complexity index is 234. The zero-order valence-corrected chi connectivity index (χ0v) is 14.9. The third-order valence-corrected chi connectivity index (χ3v) is 5.36. The van der Waals surface area contributed by atoms with Crippen LogP contribution in [0.5, 0.6) is 0 Å². The molecule has 0 radical (unpaired) electrons. The van der Waals surface area contributed by atoms with Crippen LogP contribution in [0.3, 0.4) is 0 Å². The monoisotopic (exact) mass is 297 g/mol. The molecule has 0 unspecified atom stereocenters. The molecule has 0 amide bonds. The van der Waals surface area contributed by atoms with Crippen molar-refractivity contribution in [2.75, 3.05) is 26.8 Å². The van der Waals surface area contributed by atoms with Crippen molar-refractivity contribution in [3.8, 4) is 0 Å². The molecule has 0 aromatic rings. The van der Waals surface area contributed by atoms with Gasteiger partial charge in [-0.25, -0.2) is 0 Å². The van der Waals surface area contributed by atoms with E-state index >= 15 is 0 Å². The second-order valence-electron chi connectivity index (χ2n) is 7.21. The van der Waals surface area contributed by atoms with Crippen molar-refractivity contribution in [3.05, 3.63) is 0 Å². The summed E-state index contributed by atoms with van der Waals surface area (Å²) < 4.78 is 5.21. The van der Waals surface area contributed by atoms with Crippen LogP contribution in [0.1, 0.15) is 84.5 Å². The molecule has 1 saturated carbocycles. The van der Waals surface area contributed by atoms with Gasteiger partial charge in [0.25, 0.3) is 0 Å². The molecule has 1 aliphatic rings. The van der Waals surface area contributed by atoms with Gasteiger partial charge in [-0.15, -0.1) is 0 Å². The van der Waals surface area contributed by atoms with Gasteiger partial charge in [0, 0.05) is 20.3 Å². The first-order chi connectivity index (χ1) is 10.3. The fourth-order valence-electron chi connectivity index (χ4n) is 3.86. The highest BCUT2D eigenvalue weighted by Crippen LogP contribution is 2.43. The number of ether oxygens (including phenoxy) is 1. The van der Waals surface area contributed by atoms with E-state index in [0.717, 1.165) is 12.5 Å². The van der Waals surface area contributed by atoms with Gasteiger partial charge in [-0.2, -0.15) is 0 Å². The van der Waals surface area contributed by atoms with Gasteiger partial charge in [0.05, 0.1) is 0 Å². The molecule has 0 heterocycles. The summed E-state index contributed by atoms with van der Waals surface area (Å²) in [5, 5.41) is 3.71. The van der Waals surface area contributed by atoms with Gasteiger partial charge in [0.15, 0.2) is 0 Å². The first kappa shape index (κ1) is 19.0. The first-order valence-corrected chi connectivity index (χ1v) is 9.46. The zero-order valence-electron chi connectivity index (χ0n) is 14.9. The van der Waals surface area contributed by atoms with E-state index in [1.807, 2.05) is 7.11 Å². The summed E-state index contributed by atoms with van der Waals surface area (Å²) in [6, 6.07) is 0. The van der Waals surface area contributed by atoms with Crippen LogP contribution in [0.2, 0.25) is 0 Å².